The van der Waals surface area contributed by atoms with Gasteiger partial charge in [-0.1, -0.05) is 12.1 Å². The van der Waals surface area contributed by atoms with E-state index in [1.807, 2.05) is 56.3 Å². The average molecular weight is 439 g/mol. The fourth-order valence-electron chi connectivity index (χ4n) is 4.11. The molecule has 5 aromatic rings. The van der Waals surface area contributed by atoms with Crippen molar-refractivity contribution in [2.45, 2.75) is 20.3 Å². The molecule has 33 heavy (non-hydrogen) atoms. The number of nitrogens with zero attached hydrogens (tertiary/aromatic N) is 5. The first-order valence-corrected chi connectivity index (χ1v) is 10.8. The van der Waals surface area contributed by atoms with Gasteiger partial charge in [-0.3, -0.25) is 9.36 Å². The summed E-state index contributed by atoms with van der Waals surface area (Å²) in [7, 11) is 0. The van der Waals surface area contributed by atoms with Crippen molar-refractivity contribution in [3.05, 3.63) is 76.3 Å². The molecule has 0 bridgehead atoms. The molecule has 0 radical (unpaired) electrons. The van der Waals surface area contributed by atoms with E-state index in [2.05, 4.69) is 15.1 Å². The Hall–Kier alpha value is -4.20. The standard InChI is InChI=1S/C25H21N5O3/c1-15-4-5-16(2)20(12-15)29-9-8-19-18(24(29)31)14-26-25-27-23(28-30(19)25)17-6-7-21-22(13-17)33-11-3-10-32-21/h4-9,12-14H,3,10-11H2,1-2H3. The average Bonchev–Trinajstić information content (AvgIpc) is 3.13. The summed E-state index contributed by atoms with van der Waals surface area (Å²) >= 11 is 0. The highest BCUT2D eigenvalue weighted by molar-refractivity contribution is 5.79. The second-order valence-corrected chi connectivity index (χ2v) is 8.20. The lowest BCUT2D eigenvalue weighted by Gasteiger charge is -2.11. The molecule has 1 aliphatic heterocycles. The van der Waals surface area contributed by atoms with Crippen LogP contribution in [0.1, 0.15) is 17.5 Å². The van der Waals surface area contributed by atoms with Crippen LogP contribution in [0.5, 0.6) is 11.5 Å². The van der Waals surface area contributed by atoms with Crippen LogP contribution < -0.4 is 15.0 Å². The lowest BCUT2D eigenvalue weighted by Crippen LogP contribution is -2.19. The minimum absolute atomic E-state index is 0.150. The first-order chi connectivity index (χ1) is 16.1. The van der Waals surface area contributed by atoms with Crippen molar-refractivity contribution in [3.63, 3.8) is 0 Å². The van der Waals surface area contributed by atoms with Crippen LogP contribution in [0.2, 0.25) is 0 Å². The summed E-state index contributed by atoms with van der Waals surface area (Å²) in [6, 6.07) is 13.6. The second kappa shape index (κ2) is 7.44. The van der Waals surface area contributed by atoms with Crippen LogP contribution >= 0.6 is 0 Å². The van der Waals surface area contributed by atoms with E-state index in [4.69, 9.17) is 9.47 Å². The highest BCUT2D eigenvalue weighted by Crippen LogP contribution is 2.33. The molecular formula is C25H21N5O3. The van der Waals surface area contributed by atoms with Crippen LogP contribution in [0.25, 0.3) is 33.8 Å². The quantitative estimate of drug-likeness (QED) is 0.415. The molecule has 0 unspecified atom stereocenters. The van der Waals surface area contributed by atoms with Crippen molar-refractivity contribution >= 4 is 16.7 Å². The van der Waals surface area contributed by atoms with Crippen molar-refractivity contribution in [2.24, 2.45) is 0 Å². The lowest BCUT2D eigenvalue weighted by molar-refractivity contribution is 0.297. The first-order valence-electron chi connectivity index (χ1n) is 10.8. The molecule has 0 spiro atoms. The Kier molecular flexibility index (Phi) is 4.39. The van der Waals surface area contributed by atoms with Gasteiger partial charge in [-0.05, 0) is 55.3 Å². The number of benzene rings is 2. The van der Waals surface area contributed by atoms with Crippen molar-refractivity contribution in [3.8, 4) is 28.6 Å². The highest BCUT2D eigenvalue weighted by Gasteiger charge is 2.16. The topological polar surface area (TPSA) is 83.5 Å². The number of ether oxygens (including phenoxy) is 2. The van der Waals surface area contributed by atoms with E-state index in [-0.39, 0.29) is 5.56 Å². The van der Waals surface area contributed by atoms with Crippen LogP contribution in [0.4, 0.5) is 0 Å². The van der Waals surface area contributed by atoms with Gasteiger partial charge in [0.05, 0.1) is 29.8 Å². The Morgan fingerprint density at radius 2 is 1.82 bits per heavy atom. The number of aryl methyl sites for hydroxylation is 2. The van der Waals surface area contributed by atoms with Gasteiger partial charge in [-0.15, -0.1) is 5.10 Å². The maximum absolute atomic E-state index is 13.3. The molecular weight excluding hydrogens is 418 g/mol. The van der Waals surface area contributed by atoms with E-state index < -0.39 is 0 Å². The van der Waals surface area contributed by atoms with Gasteiger partial charge < -0.3 is 9.47 Å². The molecule has 0 N–H and O–H groups in total. The SMILES string of the molecule is Cc1ccc(C)c(-n2ccc3c(cnc4nc(-c5ccc6c(c5)OCCCO6)nn43)c2=O)c1. The zero-order chi connectivity index (χ0) is 22.5. The number of aromatic nitrogens is 5. The van der Waals surface area contributed by atoms with E-state index in [1.165, 1.54) is 0 Å². The van der Waals surface area contributed by atoms with Crippen LogP contribution in [-0.4, -0.2) is 37.4 Å². The molecule has 0 saturated heterocycles. The Bertz CT molecular complexity index is 1600. The van der Waals surface area contributed by atoms with Crippen molar-refractivity contribution < 1.29 is 9.47 Å². The summed E-state index contributed by atoms with van der Waals surface area (Å²) in [5.41, 5.74) is 4.26. The fraction of sp³-hybridized carbons (Fsp3) is 0.200. The van der Waals surface area contributed by atoms with E-state index in [0.717, 1.165) is 34.5 Å². The van der Waals surface area contributed by atoms with Gasteiger partial charge in [0, 0.05) is 24.4 Å². The predicted molar refractivity (Wildman–Crippen MR) is 124 cm³/mol. The van der Waals surface area contributed by atoms with Crippen LogP contribution in [0.15, 0.2) is 59.7 Å². The van der Waals surface area contributed by atoms with E-state index in [0.29, 0.717) is 41.5 Å². The van der Waals surface area contributed by atoms with Crippen LogP contribution in [0, 0.1) is 13.8 Å². The van der Waals surface area contributed by atoms with Gasteiger partial charge in [0.1, 0.15) is 0 Å². The fourth-order valence-corrected chi connectivity index (χ4v) is 4.11. The number of rotatable bonds is 2. The summed E-state index contributed by atoms with van der Waals surface area (Å²) in [5.74, 6) is 2.33. The van der Waals surface area contributed by atoms with Crippen molar-refractivity contribution in [1.29, 1.82) is 0 Å². The third kappa shape index (κ3) is 3.22. The molecule has 164 valence electrons. The first kappa shape index (κ1) is 19.5. The zero-order valence-corrected chi connectivity index (χ0v) is 18.3. The molecule has 6 rings (SSSR count). The van der Waals surface area contributed by atoms with E-state index >= 15 is 0 Å². The predicted octanol–water partition coefficient (Wildman–Crippen LogP) is 3.87. The maximum atomic E-state index is 13.3. The molecule has 0 fully saturated rings. The monoisotopic (exact) mass is 439 g/mol. The summed E-state index contributed by atoms with van der Waals surface area (Å²) in [4.78, 5) is 22.3. The van der Waals surface area contributed by atoms with Gasteiger partial charge in [-0.25, -0.2) is 4.98 Å². The Morgan fingerprint density at radius 1 is 0.970 bits per heavy atom. The zero-order valence-electron chi connectivity index (χ0n) is 18.3. The van der Waals surface area contributed by atoms with Gasteiger partial charge in [0.15, 0.2) is 17.3 Å². The Morgan fingerprint density at radius 3 is 2.70 bits per heavy atom. The molecule has 4 heterocycles. The molecule has 0 saturated carbocycles. The largest absolute Gasteiger partial charge is 0.490 e. The lowest BCUT2D eigenvalue weighted by atomic mass is 10.1. The highest BCUT2D eigenvalue weighted by atomic mass is 16.5. The number of fused-ring (bicyclic) bond motifs is 4. The number of hydrogen-bond acceptors (Lipinski definition) is 6. The molecule has 8 heteroatoms. The van der Waals surface area contributed by atoms with Gasteiger partial charge >= 0.3 is 0 Å². The molecule has 0 atom stereocenters. The number of hydrogen-bond donors (Lipinski definition) is 0. The van der Waals surface area contributed by atoms with Crippen LogP contribution in [0.3, 0.4) is 0 Å². The molecule has 1 aliphatic rings. The second-order valence-electron chi connectivity index (χ2n) is 8.20. The molecule has 2 aromatic carbocycles. The summed E-state index contributed by atoms with van der Waals surface area (Å²) in [5, 5.41) is 5.13. The van der Waals surface area contributed by atoms with Crippen molar-refractivity contribution in [1.82, 2.24) is 24.1 Å². The van der Waals surface area contributed by atoms with Crippen molar-refractivity contribution in [2.75, 3.05) is 13.2 Å². The third-order valence-electron chi connectivity index (χ3n) is 5.86. The normalized spacial score (nSPS) is 13.4. The summed E-state index contributed by atoms with van der Waals surface area (Å²) in [6.45, 7) is 5.24. The van der Waals surface area contributed by atoms with Gasteiger partial charge in [0.25, 0.3) is 11.3 Å². The molecule has 0 amide bonds. The van der Waals surface area contributed by atoms with E-state index in [9.17, 15) is 4.79 Å². The Balaban J connectivity index is 1.49. The maximum Gasteiger partial charge on any atom is 0.266 e. The molecule has 3 aromatic heterocycles. The molecule has 8 nitrogen and oxygen atoms in total. The minimum Gasteiger partial charge on any atom is -0.490 e. The number of pyridine rings is 1. The van der Waals surface area contributed by atoms with E-state index in [1.54, 1.807) is 21.5 Å². The van der Waals surface area contributed by atoms with Gasteiger partial charge in [-0.2, -0.15) is 9.50 Å². The third-order valence-corrected chi connectivity index (χ3v) is 5.86. The minimum atomic E-state index is -0.150. The molecule has 0 aliphatic carbocycles. The summed E-state index contributed by atoms with van der Waals surface area (Å²) in [6.07, 6.45) is 4.19. The summed E-state index contributed by atoms with van der Waals surface area (Å²) < 4.78 is 14.8. The van der Waals surface area contributed by atoms with Gasteiger partial charge in [0.2, 0.25) is 0 Å². The van der Waals surface area contributed by atoms with Crippen LogP contribution in [-0.2, 0) is 0 Å². The smallest absolute Gasteiger partial charge is 0.266 e. The Labute approximate surface area is 189 Å².